The van der Waals surface area contributed by atoms with Gasteiger partial charge in [-0.05, 0) is 32.0 Å². The molecule has 2 aromatic rings. The Morgan fingerprint density at radius 3 is 2.36 bits per heavy atom. The Kier molecular flexibility index (Phi) is 7.57. The number of carbonyl (C=O) groups excluding carboxylic acids is 1. The Bertz CT molecular complexity index is 836. The number of piperidine rings is 1. The average molecular weight is 435 g/mol. The van der Waals surface area contributed by atoms with Crippen molar-refractivity contribution in [1.29, 1.82) is 0 Å². The molecule has 1 amide bonds. The third-order valence-electron chi connectivity index (χ3n) is 4.38. The van der Waals surface area contributed by atoms with Crippen molar-refractivity contribution in [3.63, 3.8) is 0 Å². The van der Waals surface area contributed by atoms with E-state index in [1.165, 1.54) is 18.2 Å². The van der Waals surface area contributed by atoms with Crippen molar-refractivity contribution < 1.29 is 22.7 Å². The van der Waals surface area contributed by atoms with Gasteiger partial charge in [0.1, 0.15) is 34.9 Å². The summed E-state index contributed by atoms with van der Waals surface area (Å²) in [6.07, 6.45) is 1.68. The Labute approximate surface area is 172 Å². The van der Waals surface area contributed by atoms with Gasteiger partial charge in [0, 0.05) is 37.0 Å². The normalized spacial score (nSPS) is 15.0. The molecule has 4 nitrogen and oxygen atoms in total. The summed E-state index contributed by atoms with van der Waals surface area (Å²) < 4.78 is 46.4. The Hall–Kier alpha value is -1.96. The van der Waals surface area contributed by atoms with Crippen LogP contribution in [0, 0.1) is 17.5 Å². The number of rotatable bonds is 4. The molecule has 0 aliphatic carbocycles. The number of nitrogens with one attached hydrogen (secondary N) is 1. The van der Waals surface area contributed by atoms with Crippen LogP contribution in [0.15, 0.2) is 30.3 Å². The number of carbonyl (C=O) groups is 1. The first-order valence-corrected chi connectivity index (χ1v) is 8.82. The fourth-order valence-electron chi connectivity index (χ4n) is 2.91. The highest BCUT2D eigenvalue weighted by atomic mass is 35.5. The number of hydrogen-bond donors (Lipinski definition) is 1. The number of amides is 1. The molecule has 0 aromatic heterocycles. The van der Waals surface area contributed by atoms with Crippen molar-refractivity contribution in [3.8, 4) is 5.75 Å². The average Bonchev–Trinajstić information content (AvgIpc) is 2.59. The molecular formula is C19H19Cl2F3N2O2. The maximum absolute atomic E-state index is 13.8. The molecule has 152 valence electrons. The second-order valence-corrected chi connectivity index (χ2v) is 6.87. The molecule has 3 rings (SSSR count). The summed E-state index contributed by atoms with van der Waals surface area (Å²) in [7, 11) is 2.03. The number of likely N-dealkylation sites (tertiary alicyclic amines) is 1. The minimum Gasteiger partial charge on any atom is -0.489 e. The Balaban J connectivity index is 0.00000280. The Morgan fingerprint density at radius 2 is 1.75 bits per heavy atom. The first-order chi connectivity index (χ1) is 12.8. The second-order valence-electron chi connectivity index (χ2n) is 6.46. The van der Waals surface area contributed by atoms with Crippen LogP contribution < -0.4 is 10.1 Å². The third kappa shape index (κ3) is 5.31. The van der Waals surface area contributed by atoms with Crippen molar-refractivity contribution in [2.45, 2.75) is 18.9 Å². The van der Waals surface area contributed by atoms with E-state index in [-0.39, 0.29) is 24.2 Å². The van der Waals surface area contributed by atoms with E-state index in [4.69, 9.17) is 16.3 Å². The van der Waals surface area contributed by atoms with Crippen molar-refractivity contribution in [2.75, 3.05) is 25.5 Å². The fourth-order valence-corrected chi connectivity index (χ4v) is 3.07. The molecule has 1 N–H and O–H groups in total. The van der Waals surface area contributed by atoms with E-state index < -0.39 is 28.9 Å². The number of nitrogens with zero attached hydrogens (tertiary/aromatic N) is 1. The topological polar surface area (TPSA) is 41.6 Å². The maximum Gasteiger partial charge on any atom is 0.261 e. The van der Waals surface area contributed by atoms with Crippen LogP contribution in [-0.4, -0.2) is 37.0 Å². The number of benzene rings is 2. The first-order valence-electron chi connectivity index (χ1n) is 8.44. The predicted octanol–water partition coefficient (Wildman–Crippen LogP) is 4.90. The van der Waals surface area contributed by atoms with E-state index in [0.717, 1.165) is 25.9 Å². The summed E-state index contributed by atoms with van der Waals surface area (Å²) in [5.74, 6) is -4.30. The van der Waals surface area contributed by atoms with Gasteiger partial charge in [-0.25, -0.2) is 13.2 Å². The van der Waals surface area contributed by atoms with Gasteiger partial charge in [-0.1, -0.05) is 11.6 Å². The van der Waals surface area contributed by atoms with E-state index in [1.807, 2.05) is 7.05 Å². The summed E-state index contributed by atoms with van der Waals surface area (Å²) in [5.41, 5.74) is -0.598. The van der Waals surface area contributed by atoms with E-state index in [1.54, 1.807) is 0 Å². The molecule has 1 saturated heterocycles. The van der Waals surface area contributed by atoms with Gasteiger partial charge in [0.25, 0.3) is 5.91 Å². The molecule has 1 aliphatic heterocycles. The van der Waals surface area contributed by atoms with E-state index >= 15 is 0 Å². The summed E-state index contributed by atoms with van der Waals surface area (Å²) in [5, 5.41) is 2.75. The summed E-state index contributed by atoms with van der Waals surface area (Å²) >= 11 is 6.16. The van der Waals surface area contributed by atoms with E-state index in [0.29, 0.717) is 22.9 Å². The zero-order chi connectivity index (χ0) is 19.6. The van der Waals surface area contributed by atoms with Crippen LogP contribution in [0.1, 0.15) is 23.2 Å². The SMILES string of the molecule is CN1CCC(Oc2cc(NC(=O)c3c(F)cc(F)cc3F)ccc2Cl)CC1.Cl. The van der Waals surface area contributed by atoms with Crippen LogP contribution in [0.2, 0.25) is 5.02 Å². The van der Waals surface area contributed by atoms with Crippen LogP contribution >= 0.6 is 24.0 Å². The maximum atomic E-state index is 13.8. The quantitative estimate of drug-likeness (QED) is 0.743. The van der Waals surface area contributed by atoms with E-state index in [9.17, 15) is 18.0 Å². The summed E-state index contributed by atoms with van der Waals surface area (Å²) in [6, 6.07) is 5.42. The molecule has 0 spiro atoms. The second kappa shape index (κ2) is 9.49. The minimum absolute atomic E-state index is 0. The molecule has 0 radical (unpaired) electrons. The fraction of sp³-hybridized carbons (Fsp3) is 0.316. The van der Waals surface area contributed by atoms with Crippen molar-refractivity contribution >= 4 is 35.6 Å². The van der Waals surface area contributed by atoms with Gasteiger partial charge in [0.15, 0.2) is 0 Å². The first kappa shape index (κ1) is 22.3. The molecule has 9 heteroatoms. The van der Waals surface area contributed by atoms with Crippen molar-refractivity contribution in [3.05, 3.63) is 58.4 Å². The van der Waals surface area contributed by atoms with Gasteiger partial charge < -0.3 is 15.0 Å². The zero-order valence-corrected chi connectivity index (χ0v) is 16.5. The number of anilines is 1. The lowest BCUT2D eigenvalue weighted by atomic mass is 10.1. The highest BCUT2D eigenvalue weighted by molar-refractivity contribution is 6.32. The highest BCUT2D eigenvalue weighted by Crippen LogP contribution is 2.30. The summed E-state index contributed by atoms with van der Waals surface area (Å²) in [6.45, 7) is 1.81. The molecule has 1 fully saturated rings. The smallest absolute Gasteiger partial charge is 0.261 e. The predicted molar refractivity (Wildman–Crippen MR) is 104 cm³/mol. The lowest BCUT2D eigenvalue weighted by Gasteiger charge is -2.29. The number of ether oxygens (including phenoxy) is 1. The third-order valence-corrected chi connectivity index (χ3v) is 4.69. The van der Waals surface area contributed by atoms with E-state index in [2.05, 4.69) is 10.2 Å². The zero-order valence-electron chi connectivity index (χ0n) is 15.0. The highest BCUT2D eigenvalue weighted by Gasteiger charge is 2.21. The Morgan fingerprint density at radius 1 is 1.14 bits per heavy atom. The van der Waals surface area contributed by atoms with Crippen molar-refractivity contribution in [2.24, 2.45) is 0 Å². The van der Waals surface area contributed by atoms with Crippen LogP contribution in [-0.2, 0) is 0 Å². The van der Waals surface area contributed by atoms with Gasteiger partial charge in [-0.2, -0.15) is 0 Å². The minimum atomic E-state index is -1.28. The van der Waals surface area contributed by atoms with Crippen LogP contribution in [0.5, 0.6) is 5.75 Å². The molecule has 0 atom stereocenters. The van der Waals surface area contributed by atoms with Crippen LogP contribution in [0.3, 0.4) is 0 Å². The lowest BCUT2D eigenvalue weighted by Crippen LogP contribution is -2.35. The number of hydrogen-bond acceptors (Lipinski definition) is 3. The molecule has 2 aromatic carbocycles. The lowest BCUT2D eigenvalue weighted by molar-refractivity contribution is 0.101. The van der Waals surface area contributed by atoms with Crippen LogP contribution in [0.4, 0.5) is 18.9 Å². The molecule has 0 unspecified atom stereocenters. The summed E-state index contributed by atoms with van der Waals surface area (Å²) in [4.78, 5) is 14.4. The van der Waals surface area contributed by atoms with Gasteiger partial charge in [0.05, 0.1) is 5.02 Å². The largest absolute Gasteiger partial charge is 0.489 e. The molecule has 0 bridgehead atoms. The molecule has 1 heterocycles. The van der Waals surface area contributed by atoms with Gasteiger partial charge in [0.2, 0.25) is 0 Å². The number of halogens is 5. The van der Waals surface area contributed by atoms with Crippen molar-refractivity contribution in [1.82, 2.24) is 4.90 Å². The van der Waals surface area contributed by atoms with Gasteiger partial charge >= 0.3 is 0 Å². The monoisotopic (exact) mass is 434 g/mol. The molecule has 1 aliphatic rings. The molecule has 0 saturated carbocycles. The van der Waals surface area contributed by atoms with Gasteiger partial charge in [-0.15, -0.1) is 12.4 Å². The standard InChI is InChI=1S/C19H18ClF3N2O2.ClH/c1-25-6-4-13(5-7-25)27-17-10-12(2-3-14(17)20)24-19(26)18-15(22)8-11(21)9-16(18)23;/h2-3,8-10,13H,4-7H2,1H3,(H,24,26);1H. The molecule has 28 heavy (non-hydrogen) atoms. The molecular weight excluding hydrogens is 416 g/mol. The van der Waals surface area contributed by atoms with Crippen LogP contribution in [0.25, 0.3) is 0 Å². The van der Waals surface area contributed by atoms with Gasteiger partial charge in [-0.3, -0.25) is 4.79 Å².